The average Bonchev–Trinajstić information content (AvgIpc) is 2.74. The second-order valence-electron chi connectivity index (χ2n) is 10.7. The first-order valence-corrected chi connectivity index (χ1v) is 14.4. The van der Waals surface area contributed by atoms with E-state index < -0.39 is 33.7 Å². The highest BCUT2D eigenvalue weighted by Crippen LogP contribution is 2.21. The maximum absolute atomic E-state index is 12.7. The Balaban J connectivity index is 0.000000884. The Morgan fingerprint density at radius 2 is 1.68 bits per heavy atom. The van der Waals surface area contributed by atoms with Gasteiger partial charge in [0, 0.05) is 12.6 Å². The summed E-state index contributed by atoms with van der Waals surface area (Å²) in [6.07, 6.45) is 6.14. The van der Waals surface area contributed by atoms with E-state index in [4.69, 9.17) is 16.2 Å². The molecule has 7 N–H and O–H groups in total. The lowest BCUT2D eigenvalue weighted by Gasteiger charge is -2.21. The van der Waals surface area contributed by atoms with Gasteiger partial charge in [-0.25, -0.2) is 22.7 Å². The lowest BCUT2D eigenvalue weighted by molar-refractivity contribution is -0.139. The van der Waals surface area contributed by atoms with Crippen molar-refractivity contribution in [3.05, 3.63) is 28.8 Å². The summed E-state index contributed by atoms with van der Waals surface area (Å²) in [7, 11) is -3.91. The highest BCUT2D eigenvalue weighted by atomic mass is 32.2. The standard InChI is InChI=1S/C20H32N4O6S.C6H13N/c1-12-10-13(2)16(14(3)11-12)31(28,29)24-18(21)22-9-7-8-15(17(25)26)23-19(27)30-20(4,5)6;7-6-4-2-1-3-5-6/h10-11,15H,7-9H2,1-6H3,(H,23,27)(H,25,26)(H3,21,22,24);6H,1-5,7H2/t15-;/m0./s1. The summed E-state index contributed by atoms with van der Waals surface area (Å²) >= 11 is 0. The minimum absolute atomic E-state index is 0.0638. The van der Waals surface area contributed by atoms with Crippen LogP contribution in [0.5, 0.6) is 0 Å². The van der Waals surface area contributed by atoms with Crippen LogP contribution >= 0.6 is 0 Å². The number of guanidine groups is 1. The molecule has 1 aromatic carbocycles. The van der Waals surface area contributed by atoms with Crippen molar-refractivity contribution in [2.24, 2.45) is 16.5 Å². The fourth-order valence-corrected chi connectivity index (χ4v) is 5.56. The minimum Gasteiger partial charge on any atom is -0.480 e. The molecular formula is C26H45N5O6S. The van der Waals surface area contributed by atoms with Crippen LogP contribution in [0.2, 0.25) is 0 Å². The predicted molar refractivity (Wildman–Crippen MR) is 149 cm³/mol. The molecule has 38 heavy (non-hydrogen) atoms. The molecule has 1 atom stereocenters. The topological polar surface area (TPSA) is 186 Å². The first kappa shape index (κ1) is 33.2. The van der Waals surface area contributed by atoms with Crippen molar-refractivity contribution < 1.29 is 27.9 Å². The zero-order valence-electron chi connectivity index (χ0n) is 23.5. The first-order valence-electron chi connectivity index (χ1n) is 12.9. The lowest BCUT2D eigenvalue weighted by Crippen LogP contribution is -2.43. The third kappa shape index (κ3) is 12.6. The van der Waals surface area contributed by atoms with Crippen LogP contribution in [-0.4, -0.2) is 55.8 Å². The molecule has 0 aliphatic heterocycles. The summed E-state index contributed by atoms with van der Waals surface area (Å²) in [5.74, 6) is -1.51. The normalized spacial score (nSPS) is 15.6. The summed E-state index contributed by atoms with van der Waals surface area (Å²) < 4.78 is 32.6. The molecule has 2 rings (SSSR count). The second-order valence-corrected chi connectivity index (χ2v) is 12.3. The molecule has 1 fully saturated rings. The quantitative estimate of drug-likeness (QED) is 0.184. The number of nitrogens with two attached hydrogens (primary N) is 2. The number of aryl methyl sites for hydroxylation is 3. The van der Waals surface area contributed by atoms with Crippen LogP contribution in [0.25, 0.3) is 0 Å². The fourth-order valence-electron chi connectivity index (χ4n) is 4.15. The van der Waals surface area contributed by atoms with Gasteiger partial charge in [-0.2, -0.15) is 0 Å². The molecule has 1 aliphatic rings. The number of benzene rings is 1. The molecule has 0 radical (unpaired) electrons. The summed E-state index contributed by atoms with van der Waals surface area (Å²) in [5, 5.41) is 11.5. The Hall–Kier alpha value is -2.86. The number of alkyl carbamates (subject to hydrolysis) is 1. The van der Waals surface area contributed by atoms with Gasteiger partial charge in [0.25, 0.3) is 10.0 Å². The number of ether oxygens (including phenoxy) is 1. The van der Waals surface area contributed by atoms with Crippen molar-refractivity contribution in [2.75, 3.05) is 6.54 Å². The van der Waals surface area contributed by atoms with Gasteiger partial charge in [-0.15, -0.1) is 0 Å². The fraction of sp³-hybridized carbons (Fsp3) is 0.654. The average molecular weight is 556 g/mol. The van der Waals surface area contributed by atoms with E-state index in [1.807, 2.05) is 6.92 Å². The summed E-state index contributed by atoms with van der Waals surface area (Å²) in [6, 6.07) is 2.89. The van der Waals surface area contributed by atoms with Crippen molar-refractivity contribution in [1.29, 1.82) is 0 Å². The van der Waals surface area contributed by atoms with Crippen LogP contribution in [0.15, 0.2) is 22.0 Å². The van der Waals surface area contributed by atoms with Gasteiger partial charge in [0.15, 0.2) is 0 Å². The number of aliphatic carboxylic acids is 1. The summed E-state index contributed by atoms with van der Waals surface area (Å²) in [6.45, 7) is 10.3. The van der Waals surface area contributed by atoms with Gasteiger partial charge in [-0.3, -0.25) is 4.99 Å². The number of nitrogens with zero attached hydrogens (tertiary/aromatic N) is 1. The molecule has 12 heteroatoms. The van der Waals surface area contributed by atoms with E-state index in [0.29, 0.717) is 17.2 Å². The Morgan fingerprint density at radius 1 is 1.13 bits per heavy atom. The van der Waals surface area contributed by atoms with Gasteiger partial charge in [0.2, 0.25) is 5.96 Å². The van der Waals surface area contributed by atoms with E-state index >= 15 is 0 Å². The molecule has 1 saturated carbocycles. The van der Waals surface area contributed by atoms with E-state index in [1.165, 1.54) is 32.1 Å². The van der Waals surface area contributed by atoms with Gasteiger partial charge in [0.1, 0.15) is 11.6 Å². The largest absolute Gasteiger partial charge is 0.480 e. The molecule has 0 heterocycles. The number of amides is 1. The van der Waals surface area contributed by atoms with Gasteiger partial charge >= 0.3 is 12.1 Å². The Morgan fingerprint density at radius 3 is 2.13 bits per heavy atom. The van der Waals surface area contributed by atoms with Crippen molar-refractivity contribution in [3.8, 4) is 0 Å². The maximum atomic E-state index is 12.7. The molecule has 0 spiro atoms. The molecule has 1 aliphatic carbocycles. The molecule has 216 valence electrons. The minimum atomic E-state index is -3.91. The smallest absolute Gasteiger partial charge is 0.408 e. The van der Waals surface area contributed by atoms with Gasteiger partial charge in [-0.05, 0) is 78.4 Å². The van der Waals surface area contributed by atoms with Crippen molar-refractivity contribution >= 4 is 28.0 Å². The zero-order valence-corrected chi connectivity index (χ0v) is 24.3. The van der Waals surface area contributed by atoms with Crippen LogP contribution in [-0.2, 0) is 19.6 Å². The van der Waals surface area contributed by atoms with Crippen molar-refractivity contribution in [1.82, 2.24) is 10.0 Å². The number of aliphatic imine (C=N–C) groups is 1. The highest BCUT2D eigenvalue weighted by Gasteiger charge is 2.24. The summed E-state index contributed by atoms with van der Waals surface area (Å²) in [4.78, 5) is 27.2. The monoisotopic (exact) mass is 555 g/mol. The van der Waals surface area contributed by atoms with Crippen molar-refractivity contribution in [3.63, 3.8) is 0 Å². The molecule has 1 aromatic rings. The van der Waals surface area contributed by atoms with Crippen LogP contribution < -0.4 is 21.5 Å². The number of carbonyl (C=O) groups excluding carboxylic acids is 1. The zero-order chi connectivity index (χ0) is 29.1. The molecular weight excluding hydrogens is 510 g/mol. The van der Waals surface area contributed by atoms with E-state index in [9.17, 15) is 23.1 Å². The van der Waals surface area contributed by atoms with Gasteiger partial charge in [-0.1, -0.05) is 37.0 Å². The molecule has 11 nitrogen and oxygen atoms in total. The molecule has 1 amide bonds. The number of carboxylic acids is 1. The van der Waals surface area contributed by atoms with E-state index in [0.717, 1.165) is 5.56 Å². The molecule has 0 saturated heterocycles. The van der Waals surface area contributed by atoms with Crippen LogP contribution in [0.4, 0.5) is 4.79 Å². The number of rotatable bonds is 8. The maximum Gasteiger partial charge on any atom is 0.408 e. The third-order valence-electron chi connectivity index (χ3n) is 5.68. The summed E-state index contributed by atoms with van der Waals surface area (Å²) in [5.41, 5.74) is 12.7. The van der Waals surface area contributed by atoms with Gasteiger partial charge < -0.3 is 26.6 Å². The van der Waals surface area contributed by atoms with Crippen molar-refractivity contribution in [2.45, 2.75) is 109 Å². The first-order chi connectivity index (χ1) is 17.5. The van der Waals surface area contributed by atoms with E-state index in [-0.39, 0.29) is 30.2 Å². The lowest BCUT2D eigenvalue weighted by atomic mass is 9.97. The SMILES string of the molecule is Cc1cc(C)c(S(=O)(=O)NC(N)=NCCC[C@H](NC(=O)OC(C)(C)C)C(=O)O)c(C)c1.NC1CCCCC1. The third-order valence-corrected chi connectivity index (χ3v) is 7.34. The second kappa shape index (κ2) is 14.9. The number of hydrogen-bond donors (Lipinski definition) is 5. The number of carboxylic acid groups (broad SMARTS) is 1. The van der Waals surface area contributed by atoms with E-state index in [2.05, 4.69) is 15.0 Å². The van der Waals surface area contributed by atoms with Crippen LogP contribution in [0, 0.1) is 20.8 Å². The highest BCUT2D eigenvalue weighted by molar-refractivity contribution is 7.90. The predicted octanol–water partition coefficient (Wildman–Crippen LogP) is 3.24. The Bertz CT molecular complexity index is 1050. The Labute approximate surface area is 226 Å². The molecule has 0 aromatic heterocycles. The van der Waals surface area contributed by atoms with Crippen LogP contribution in [0.3, 0.4) is 0 Å². The van der Waals surface area contributed by atoms with Gasteiger partial charge in [0.05, 0.1) is 4.90 Å². The van der Waals surface area contributed by atoms with E-state index in [1.54, 1.807) is 46.8 Å². The Kier molecular flexibility index (Phi) is 13.0. The van der Waals surface area contributed by atoms with Crippen LogP contribution in [0.1, 0.15) is 82.4 Å². The number of sulfonamides is 1. The molecule has 0 bridgehead atoms. The molecule has 0 unspecified atom stereocenters. The number of hydrogen-bond acceptors (Lipinski definition) is 7. The number of carbonyl (C=O) groups is 2. The number of nitrogens with one attached hydrogen (secondary N) is 2.